The number of hydrogen-bond acceptors (Lipinski definition) is 9. The third kappa shape index (κ3) is 11.9. The van der Waals surface area contributed by atoms with Gasteiger partial charge in [0.05, 0.1) is 18.0 Å². The maximum absolute atomic E-state index is 12.2. The van der Waals surface area contributed by atoms with Crippen LogP contribution in [0.25, 0.3) is 0 Å². The molecule has 248 valence electrons. The largest absolute Gasteiger partial charge is 0.475 e. The van der Waals surface area contributed by atoms with Gasteiger partial charge in [0.1, 0.15) is 0 Å². The van der Waals surface area contributed by atoms with E-state index in [4.69, 9.17) is 0 Å². The first-order valence-electron chi connectivity index (χ1n) is 17.0. The summed E-state index contributed by atoms with van der Waals surface area (Å²) in [4.78, 5) is 52.8. The molecule has 0 aromatic heterocycles. The lowest BCUT2D eigenvalue weighted by Gasteiger charge is -2.40. The highest BCUT2D eigenvalue weighted by Crippen LogP contribution is 2.36. The molecule has 2 amide bonds. The molecule has 4 fully saturated rings. The molecular weight excluding hydrogens is 562 g/mol. The predicted octanol–water partition coefficient (Wildman–Crippen LogP) is 1.37. The minimum Gasteiger partial charge on any atom is -0.449 e. The fourth-order valence-corrected chi connectivity index (χ4v) is 6.20. The lowest BCUT2D eigenvalue weighted by atomic mass is 9.61. The van der Waals surface area contributed by atoms with E-state index in [1.165, 1.54) is 25.7 Å². The standard InChI is InChI=1S/C16H29BN2O3.C15H27BN2O4/c1-11(2)10-15(17(3)22)18-16(21)7-6-14(20)13-8-9-19(13)12-4-5-12;1-10(2)9-14(16(21)22)17-15(20)6-5-13(19)12-7-8-18(12)11-3-4-11/h11-13,15,22H,4-10H2,1-3H3,(H,18,21);10-12,14,21-22H,3-9H2,1-2H3,(H,17,20)/t13-,15+;12-,14-/m00/s1. The number of Topliss-reactive ketones (excluding diaryl/α,β-unsaturated/α-hetero) is 2. The molecule has 0 aromatic rings. The molecule has 2 aliphatic carbocycles. The van der Waals surface area contributed by atoms with Gasteiger partial charge < -0.3 is 25.7 Å². The Morgan fingerprint density at radius 3 is 1.34 bits per heavy atom. The van der Waals surface area contributed by atoms with Crippen molar-refractivity contribution in [1.29, 1.82) is 0 Å². The van der Waals surface area contributed by atoms with E-state index in [0.29, 0.717) is 30.8 Å². The highest BCUT2D eigenvalue weighted by molar-refractivity contribution is 6.51. The van der Waals surface area contributed by atoms with Crippen LogP contribution < -0.4 is 10.6 Å². The van der Waals surface area contributed by atoms with Gasteiger partial charge in [-0.15, -0.1) is 0 Å². The first kappa shape index (κ1) is 36.7. The van der Waals surface area contributed by atoms with E-state index in [1.807, 2.05) is 13.8 Å². The van der Waals surface area contributed by atoms with Crippen molar-refractivity contribution in [2.45, 2.75) is 148 Å². The molecule has 13 heteroatoms. The molecule has 0 radical (unpaired) electrons. The van der Waals surface area contributed by atoms with Crippen LogP contribution in [0.15, 0.2) is 0 Å². The number of carbonyl (C=O) groups is 4. The maximum Gasteiger partial charge on any atom is 0.475 e. The fourth-order valence-electron chi connectivity index (χ4n) is 6.20. The third-order valence-corrected chi connectivity index (χ3v) is 9.18. The number of hydrogen-bond donors (Lipinski definition) is 5. The number of amides is 2. The summed E-state index contributed by atoms with van der Waals surface area (Å²) in [5.74, 6) is -0.325. The smallest absolute Gasteiger partial charge is 0.449 e. The van der Waals surface area contributed by atoms with E-state index in [2.05, 4.69) is 34.3 Å². The zero-order valence-corrected chi connectivity index (χ0v) is 27.5. The van der Waals surface area contributed by atoms with Crippen LogP contribution in [-0.4, -0.2) is 111 Å². The van der Waals surface area contributed by atoms with E-state index in [0.717, 1.165) is 32.4 Å². The molecule has 11 nitrogen and oxygen atoms in total. The minimum atomic E-state index is -1.57. The van der Waals surface area contributed by atoms with Crippen molar-refractivity contribution in [3.05, 3.63) is 0 Å². The first-order valence-corrected chi connectivity index (χ1v) is 17.0. The number of likely N-dealkylation sites (tertiary alicyclic amines) is 2. The van der Waals surface area contributed by atoms with E-state index >= 15 is 0 Å². The predicted molar refractivity (Wildman–Crippen MR) is 172 cm³/mol. The van der Waals surface area contributed by atoms with Crippen molar-refractivity contribution >= 4 is 37.4 Å². The molecule has 2 saturated carbocycles. The van der Waals surface area contributed by atoms with Gasteiger partial charge >= 0.3 is 14.0 Å². The molecule has 4 rings (SSSR count). The normalized spacial score (nSPS) is 23.0. The van der Waals surface area contributed by atoms with E-state index in [1.54, 1.807) is 6.82 Å². The summed E-state index contributed by atoms with van der Waals surface area (Å²) < 4.78 is 0. The van der Waals surface area contributed by atoms with Crippen molar-refractivity contribution in [3.8, 4) is 0 Å². The molecule has 0 bridgehead atoms. The highest BCUT2D eigenvalue weighted by Gasteiger charge is 2.43. The molecule has 2 heterocycles. The van der Waals surface area contributed by atoms with Crippen LogP contribution in [0, 0.1) is 11.8 Å². The third-order valence-electron chi connectivity index (χ3n) is 9.18. The second-order valence-corrected chi connectivity index (χ2v) is 14.2. The zero-order valence-electron chi connectivity index (χ0n) is 27.5. The average molecular weight is 618 g/mol. The number of ketones is 2. The van der Waals surface area contributed by atoms with Gasteiger partial charge in [0.15, 0.2) is 11.6 Å². The van der Waals surface area contributed by atoms with Crippen LogP contribution >= 0.6 is 0 Å². The van der Waals surface area contributed by atoms with E-state index in [-0.39, 0.29) is 66.6 Å². The number of nitrogens with zero attached hydrogens (tertiary/aromatic N) is 2. The van der Waals surface area contributed by atoms with E-state index < -0.39 is 20.0 Å². The van der Waals surface area contributed by atoms with Crippen molar-refractivity contribution in [2.75, 3.05) is 13.1 Å². The molecule has 2 aliphatic heterocycles. The number of nitrogens with one attached hydrogen (secondary N) is 2. The lowest BCUT2D eigenvalue weighted by Crippen LogP contribution is -2.53. The summed E-state index contributed by atoms with van der Waals surface area (Å²) in [6, 6.07) is 1.29. The summed E-state index contributed by atoms with van der Waals surface area (Å²) >= 11 is 0. The van der Waals surface area contributed by atoms with Gasteiger partial charge in [0, 0.05) is 56.8 Å². The number of rotatable bonds is 18. The molecule has 2 saturated heterocycles. The average Bonchev–Trinajstić information content (AvgIpc) is 3.81. The summed E-state index contributed by atoms with van der Waals surface area (Å²) in [5.41, 5.74) is 0. The quantitative estimate of drug-likeness (QED) is 0.143. The Morgan fingerprint density at radius 2 is 1.05 bits per heavy atom. The van der Waals surface area contributed by atoms with Gasteiger partial charge in [-0.2, -0.15) is 0 Å². The summed E-state index contributed by atoms with van der Waals surface area (Å²) in [5, 5.41) is 33.8. The number of carbonyl (C=O) groups excluding carboxylic acids is 4. The van der Waals surface area contributed by atoms with Crippen LogP contribution in [0.1, 0.15) is 105 Å². The Kier molecular flexibility index (Phi) is 14.4. The Balaban J connectivity index is 0.000000240. The highest BCUT2D eigenvalue weighted by atomic mass is 16.4. The van der Waals surface area contributed by atoms with Crippen molar-refractivity contribution in [1.82, 2.24) is 20.4 Å². The van der Waals surface area contributed by atoms with Crippen molar-refractivity contribution in [3.63, 3.8) is 0 Å². The first-order chi connectivity index (χ1) is 20.8. The van der Waals surface area contributed by atoms with Crippen molar-refractivity contribution < 1.29 is 34.3 Å². The van der Waals surface area contributed by atoms with Gasteiger partial charge in [0.25, 0.3) is 0 Å². The molecule has 0 unspecified atom stereocenters. The molecule has 4 aliphatic rings. The fraction of sp³-hybridized carbons (Fsp3) is 0.871. The summed E-state index contributed by atoms with van der Waals surface area (Å²) in [7, 11) is -1.57. The van der Waals surface area contributed by atoms with Crippen LogP contribution in [0.3, 0.4) is 0 Å². The van der Waals surface area contributed by atoms with E-state index in [9.17, 15) is 34.3 Å². The topological polar surface area (TPSA) is 160 Å². The molecular formula is C31H56B2N4O7. The summed E-state index contributed by atoms with van der Waals surface area (Å²) in [6.45, 7) is 11.2. The molecule has 5 N–H and O–H groups in total. The zero-order chi connectivity index (χ0) is 32.6. The van der Waals surface area contributed by atoms with Crippen LogP contribution in [0.2, 0.25) is 6.82 Å². The van der Waals surface area contributed by atoms with Gasteiger partial charge in [-0.3, -0.25) is 29.0 Å². The van der Waals surface area contributed by atoms with Gasteiger partial charge in [-0.05, 0) is 63.2 Å². The van der Waals surface area contributed by atoms with Crippen LogP contribution in [-0.2, 0) is 19.2 Å². The monoisotopic (exact) mass is 618 g/mol. The maximum atomic E-state index is 12.2. The van der Waals surface area contributed by atoms with Crippen LogP contribution in [0.4, 0.5) is 0 Å². The Bertz CT molecular complexity index is 899. The van der Waals surface area contributed by atoms with Crippen LogP contribution in [0.5, 0.6) is 0 Å². The Morgan fingerprint density at radius 1 is 0.659 bits per heavy atom. The van der Waals surface area contributed by atoms with Gasteiger partial charge in [-0.25, -0.2) is 0 Å². The summed E-state index contributed by atoms with van der Waals surface area (Å²) in [6.07, 6.45) is 8.80. The molecule has 0 aromatic carbocycles. The van der Waals surface area contributed by atoms with Gasteiger partial charge in [-0.1, -0.05) is 34.5 Å². The SMILES string of the molecule is CB(O)[C@@H](CC(C)C)NC(=O)CCC(=O)[C@@H]1CCN1C1CC1.CC(C)C[C@H](NC(=O)CCC(=O)[C@@H]1CCN1C1CC1)B(O)O. The Labute approximate surface area is 264 Å². The molecule has 0 spiro atoms. The Hall–Kier alpha value is -1.79. The molecule has 44 heavy (non-hydrogen) atoms. The molecule has 4 atom stereocenters. The van der Waals surface area contributed by atoms with Gasteiger partial charge in [0.2, 0.25) is 11.8 Å². The second kappa shape index (κ2) is 17.2. The minimum absolute atomic E-state index is 0.00944. The lowest BCUT2D eigenvalue weighted by molar-refractivity contribution is -0.132. The van der Waals surface area contributed by atoms with Crippen molar-refractivity contribution in [2.24, 2.45) is 11.8 Å². The second-order valence-electron chi connectivity index (χ2n) is 14.2.